The number of piperidine rings is 1. The van der Waals surface area contributed by atoms with Gasteiger partial charge in [-0.1, -0.05) is 17.7 Å². The molecule has 120 valence electrons. The Labute approximate surface area is 139 Å². The summed E-state index contributed by atoms with van der Waals surface area (Å²) in [6, 6.07) is 7.61. The smallest absolute Gasteiger partial charge is 0.120 e. The second kappa shape index (κ2) is 10.3. The Hall–Kier alpha value is -0.480. The first kappa shape index (κ1) is 18.6. The van der Waals surface area contributed by atoms with Gasteiger partial charge in [0.15, 0.2) is 0 Å². The highest BCUT2D eigenvalue weighted by molar-refractivity contribution is 6.30. The molecule has 0 radical (unpaired) electrons. The van der Waals surface area contributed by atoms with E-state index in [-0.39, 0.29) is 12.4 Å². The van der Waals surface area contributed by atoms with Gasteiger partial charge in [0.1, 0.15) is 12.4 Å². The molecule has 3 nitrogen and oxygen atoms in total. The molecule has 1 aliphatic heterocycles. The number of nitrogens with zero attached hydrogens (tertiary/aromatic N) is 1. The molecule has 0 saturated carbocycles. The molecule has 0 unspecified atom stereocenters. The molecule has 21 heavy (non-hydrogen) atoms. The van der Waals surface area contributed by atoms with Crippen molar-refractivity contribution in [2.45, 2.75) is 19.3 Å². The largest absolute Gasteiger partial charge is 0.492 e. The first-order valence-electron chi connectivity index (χ1n) is 7.53. The molecule has 1 aromatic rings. The molecule has 1 saturated heterocycles. The van der Waals surface area contributed by atoms with E-state index in [4.69, 9.17) is 16.3 Å². The summed E-state index contributed by atoms with van der Waals surface area (Å²) in [4.78, 5) is 2.50. The third-order valence-electron chi connectivity index (χ3n) is 3.98. The van der Waals surface area contributed by atoms with Gasteiger partial charge in [-0.05, 0) is 70.1 Å². The number of rotatable bonds is 7. The van der Waals surface area contributed by atoms with Crippen molar-refractivity contribution in [1.29, 1.82) is 0 Å². The Morgan fingerprint density at radius 2 is 2.10 bits per heavy atom. The van der Waals surface area contributed by atoms with Gasteiger partial charge in [-0.15, -0.1) is 12.4 Å². The van der Waals surface area contributed by atoms with Crippen LogP contribution in [-0.2, 0) is 0 Å². The van der Waals surface area contributed by atoms with Crippen LogP contribution in [0.1, 0.15) is 19.3 Å². The van der Waals surface area contributed by atoms with E-state index >= 15 is 0 Å². The molecule has 0 bridgehead atoms. The van der Waals surface area contributed by atoms with Crippen molar-refractivity contribution in [2.24, 2.45) is 5.92 Å². The van der Waals surface area contributed by atoms with Gasteiger partial charge in [0.25, 0.3) is 0 Å². The summed E-state index contributed by atoms with van der Waals surface area (Å²) in [5.41, 5.74) is 0. The van der Waals surface area contributed by atoms with Crippen LogP contribution in [-0.4, -0.2) is 44.7 Å². The van der Waals surface area contributed by atoms with E-state index in [0.29, 0.717) is 0 Å². The lowest BCUT2D eigenvalue weighted by atomic mass is 9.93. The summed E-state index contributed by atoms with van der Waals surface area (Å²) >= 11 is 5.93. The van der Waals surface area contributed by atoms with E-state index in [1.165, 1.54) is 32.4 Å². The van der Waals surface area contributed by atoms with Crippen molar-refractivity contribution in [3.05, 3.63) is 29.3 Å². The maximum atomic E-state index is 5.93. The fraction of sp³-hybridized carbons (Fsp3) is 0.625. The molecule has 1 aromatic carbocycles. The molecule has 0 spiro atoms. The Balaban J connectivity index is 0.00000220. The molecule has 0 aliphatic carbocycles. The number of hydrogen-bond donors (Lipinski definition) is 1. The fourth-order valence-electron chi connectivity index (χ4n) is 2.70. The number of likely N-dealkylation sites (tertiary alicyclic amines) is 1. The molecule has 1 N–H and O–H groups in total. The summed E-state index contributed by atoms with van der Waals surface area (Å²) < 4.78 is 5.75. The first-order chi connectivity index (χ1) is 9.78. The second-order valence-corrected chi connectivity index (χ2v) is 5.92. The summed E-state index contributed by atoms with van der Waals surface area (Å²) in [5.74, 6) is 1.76. The van der Waals surface area contributed by atoms with Gasteiger partial charge in [-0.2, -0.15) is 0 Å². The predicted molar refractivity (Wildman–Crippen MR) is 91.9 cm³/mol. The molecule has 0 aromatic heterocycles. The van der Waals surface area contributed by atoms with E-state index in [9.17, 15) is 0 Å². The molecule has 1 fully saturated rings. The normalized spacial score (nSPS) is 16.5. The van der Waals surface area contributed by atoms with Crippen LogP contribution in [0.5, 0.6) is 5.75 Å². The van der Waals surface area contributed by atoms with Gasteiger partial charge >= 0.3 is 0 Å². The minimum absolute atomic E-state index is 0. The third-order valence-corrected chi connectivity index (χ3v) is 4.22. The van der Waals surface area contributed by atoms with Crippen LogP contribution in [0.15, 0.2) is 24.3 Å². The van der Waals surface area contributed by atoms with Crippen LogP contribution in [0.25, 0.3) is 0 Å². The minimum atomic E-state index is 0. The highest BCUT2D eigenvalue weighted by Crippen LogP contribution is 2.20. The van der Waals surface area contributed by atoms with E-state index in [1.54, 1.807) is 0 Å². The van der Waals surface area contributed by atoms with Crippen molar-refractivity contribution in [3.63, 3.8) is 0 Å². The zero-order valence-electron chi connectivity index (χ0n) is 12.7. The average molecular weight is 333 g/mol. The average Bonchev–Trinajstić information content (AvgIpc) is 2.46. The number of nitrogens with one attached hydrogen (secondary N) is 1. The lowest BCUT2D eigenvalue weighted by Crippen LogP contribution is -2.37. The van der Waals surface area contributed by atoms with Crippen LogP contribution in [0.4, 0.5) is 0 Å². The zero-order chi connectivity index (χ0) is 14.2. The molecule has 1 aliphatic rings. The zero-order valence-corrected chi connectivity index (χ0v) is 14.3. The Bertz CT molecular complexity index is 396. The fourth-order valence-corrected chi connectivity index (χ4v) is 2.88. The molecule has 0 atom stereocenters. The number of benzene rings is 1. The summed E-state index contributed by atoms with van der Waals surface area (Å²) in [7, 11) is 2.03. The number of halogens is 2. The van der Waals surface area contributed by atoms with Crippen LogP contribution in [0.2, 0.25) is 5.02 Å². The SMILES string of the molecule is CNCCC1CCN(CCOc2cccc(Cl)c2)CC1.Cl. The Morgan fingerprint density at radius 3 is 2.76 bits per heavy atom. The van der Waals surface area contributed by atoms with E-state index in [2.05, 4.69) is 10.2 Å². The summed E-state index contributed by atoms with van der Waals surface area (Å²) in [5, 5.41) is 3.97. The van der Waals surface area contributed by atoms with Crippen molar-refractivity contribution < 1.29 is 4.74 Å². The van der Waals surface area contributed by atoms with Crippen LogP contribution >= 0.6 is 24.0 Å². The highest BCUT2D eigenvalue weighted by atomic mass is 35.5. The lowest BCUT2D eigenvalue weighted by molar-refractivity contribution is 0.151. The summed E-state index contributed by atoms with van der Waals surface area (Å²) in [6.07, 6.45) is 3.95. The molecular weight excluding hydrogens is 307 g/mol. The van der Waals surface area contributed by atoms with Gasteiger partial charge in [0, 0.05) is 11.6 Å². The minimum Gasteiger partial charge on any atom is -0.492 e. The molecule has 2 rings (SSSR count). The van der Waals surface area contributed by atoms with Crippen molar-refractivity contribution in [3.8, 4) is 5.75 Å². The summed E-state index contributed by atoms with van der Waals surface area (Å²) in [6.45, 7) is 5.29. The first-order valence-corrected chi connectivity index (χ1v) is 7.91. The van der Waals surface area contributed by atoms with Gasteiger partial charge in [-0.25, -0.2) is 0 Å². The van der Waals surface area contributed by atoms with Crippen molar-refractivity contribution in [1.82, 2.24) is 10.2 Å². The van der Waals surface area contributed by atoms with E-state index in [1.807, 2.05) is 31.3 Å². The monoisotopic (exact) mass is 332 g/mol. The Kier molecular flexibility index (Phi) is 9.09. The molecule has 0 amide bonds. The molecule has 1 heterocycles. The van der Waals surface area contributed by atoms with Crippen LogP contribution < -0.4 is 10.1 Å². The maximum absolute atomic E-state index is 5.93. The van der Waals surface area contributed by atoms with Crippen LogP contribution in [0.3, 0.4) is 0 Å². The van der Waals surface area contributed by atoms with E-state index < -0.39 is 0 Å². The van der Waals surface area contributed by atoms with E-state index in [0.717, 1.165) is 36.4 Å². The van der Waals surface area contributed by atoms with Crippen LogP contribution in [0, 0.1) is 5.92 Å². The van der Waals surface area contributed by atoms with Gasteiger partial charge in [0.05, 0.1) is 0 Å². The standard InChI is InChI=1S/C16H25ClN2O.ClH/c1-18-8-5-14-6-9-19(10-7-14)11-12-20-16-4-2-3-15(17)13-16;/h2-4,13-14,18H,5-12H2,1H3;1H. The molecule has 5 heteroatoms. The second-order valence-electron chi connectivity index (χ2n) is 5.48. The van der Waals surface area contributed by atoms with Gasteiger partial charge in [0.2, 0.25) is 0 Å². The molecular formula is C16H26Cl2N2O. The van der Waals surface area contributed by atoms with Gasteiger partial charge in [-0.3, -0.25) is 4.90 Å². The number of ether oxygens (including phenoxy) is 1. The quantitative estimate of drug-likeness (QED) is 0.827. The van der Waals surface area contributed by atoms with Crippen molar-refractivity contribution in [2.75, 3.05) is 39.8 Å². The highest BCUT2D eigenvalue weighted by Gasteiger charge is 2.18. The Morgan fingerprint density at radius 1 is 1.33 bits per heavy atom. The lowest BCUT2D eigenvalue weighted by Gasteiger charge is -2.31. The predicted octanol–water partition coefficient (Wildman–Crippen LogP) is 3.46. The van der Waals surface area contributed by atoms with Gasteiger partial charge < -0.3 is 10.1 Å². The maximum Gasteiger partial charge on any atom is 0.120 e. The third kappa shape index (κ3) is 6.88. The van der Waals surface area contributed by atoms with Crippen molar-refractivity contribution >= 4 is 24.0 Å². The number of hydrogen-bond acceptors (Lipinski definition) is 3. The topological polar surface area (TPSA) is 24.5 Å².